The van der Waals surface area contributed by atoms with Crippen molar-refractivity contribution in [2.75, 3.05) is 43.9 Å². The van der Waals surface area contributed by atoms with Gasteiger partial charge in [-0.15, -0.1) is 0 Å². The fourth-order valence-electron chi connectivity index (χ4n) is 4.65. The molecule has 1 aliphatic carbocycles. The fraction of sp³-hybridized carbons (Fsp3) is 0.321. The van der Waals surface area contributed by atoms with Gasteiger partial charge in [0, 0.05) is 43.9 Å². The molecule has 1 saturated heterocycles. The van der Waals surface area contributed by atoms with Crippen LogP contribution in [0.2, 0.25) is 0 Å². The number of methoxy groups -OCH3 is 1. The van der Waals surface area contributed by atoms with Crippen LogP contribution in [-0.4, -0.2) is 66.6 Å². The van der Waals surface area contributed by atoms with Gasteiger partial charge in [-0.3, -0.25) is 9.69 Å². The van der Waals surface area contributed by atoms with E-state index in [1.54, 1.807) is 36.4 Å². The Bertz CT molecular complexity index is 1250. The minimum atomic E-state index is -1.12. The zero-order valence-electron chi connectivity index (χ0n) is 21.0. The predicted octanol–water partition coefficient (Wildman–Crippen LogP) is 3.37. The quantitative estimate of drug-likeness (QED) is 0.435. The number of allylic oxidation sites excluding steroid dienone is 2. The van der Waals surface area contributed by atoms with E-state index in [0.29, 0.717) is 35.8 Å². The van der Waals surface area contributed by atoms with Crippen molar-refractivity contribution in [3.63, 3.8) is 0 Å². The van der Waals surface area contributed by atoms with Crippen LogP contribution in [0, 0.1) is 6.92 Å². The number of hydrogen-bond donors (Lipinski definition) is 4. The number of nitrogens with zero attached hydrogens (tertiary/aromatic N) is 1. The number of carbonyl (C=O) groups excluding carboxylic acids is 2. The van der Waals surface area contributed by atoms with Crippen LogP contribution in [-0.2, 0) is 16.0 Å². The summed E-state index contributed by atoms with van der Waals surface area (Å²) in [6.07, 6.45) is 5.36. The van der Waals surface area contributed by atoms with Gasteiger partial charge in [-0.05, 0) is 42.7 Å². The van der Waals surface area contributed by atoms with Crippen LogP contribution in [0.1, 0.15) is 17.5 Å². The second-order valence-electron chi connectivity index (χ2n) is 9.19. The van der Waals surface area contributed by atoms with Gasteiger partial charge in [-0.25, -0.2) is 9.59 Å². The highest BCUT2D eigenvalue weighted by molar-refractivity contribution is 6.02. The maximum atomic E-state index is 13.0. The molecule has 9 nitrogen and oxygen atoms in total. The molecule has 2 aliphatic rings. The van der Waals surface area contributed by atoms with Crippen molar-refractivity contribution in [2.45, 2.75) is 25.3 Å². The summed E-state index contributed by atoms with van der Waals surface area (Å²) in [5, 5.41) is 18.8. The van der Waals surface area contributed by atoms with Crippen LogP contribution in [0.4, 0.5) is 16.2 Å². The van der Waals surface area contributed by atoms with E-state index in [0.717, 1.165) is 24.2 Å². The third kappa shape index (κ3) is 5.90. The van der Waals surface area contributed by atoms with E-state index >= 15 is 0 Å². The largest absolute Gasteiger partial charge is 0.495 e. The monoisotopic (exact) mass is 504 g/mol. The number of Topliss-reactive ketones (excluding diaryl/α,β-unsaturated/α-hetero) is 1. The molecule has 2 aromatic carbocycles. The number of carboxylic acids is 1. The van der Waals surface area contributed by atoms with E-state index in [-0.39, 0.29) is 18.6 Å². The van der Waals surface area contributed by atoms with E-state index in [1.807, 2.05) is 36.1 Å². The second kappa shape index (κ2) is 11.4. The number of nitrogens with one attached hydrogen (secondary N) is 3. The number of amides is 2. The van der Waals surface area contributed by atoms with Crippen molar-refractivity contribution in [1.82, 2.24) is 10.2 Å². The molecule has 0 bridgehead atoms. The first-order valence-electron chi connectivity index (χ1n) is 12.2. The number of urea groups is 1. The number of carboxylic acid groups (broad SMARTS) is 1. The third-order valence-electron chi connectivity index (χ3n) is 6.82. The average molecular weight is 505 g/mol. The number of aliphatic carboxylic acids is 1. The van der Waals surface area contributed by atoms with Crippen LogP contribution >= 0.6 is 0 Å². The first-order valence-corrected chi connectivity index (χ1v) is 12.2. The molecule has 1 fully saturated rings. The molecular weight excluding hydrogens is 472 g/mol. The number of aryl methyl sites for hydroxylation is 1. The van der Waals surface area contributed by atoms with E-state index < -0.39 is 17.5 Å². The number of rotatable bonds is 8. The summed E-state index contributed by atoms with van der Waals surface area (Å²) >= 11 is 0. The molecule has 37 heavy (non-hydrogen) atoms. The van der Waals surface area contributed by atoms with Crippen molar-refractivity contribution in [3.8, 4) is 5.75 Å². The Kier molecular flexibility index (Phi) is 8.05. The van der Waals surface area contributed by atoms with Crippen molar-refractivity contribution in [2.24, 2.45) is 0 Å². The Balaban J connectivity index is 1.41. The maximum Gasteiger partial charge on any atom is 0.328 e. The Morgan fingerprint density at radius 3 is 2.46 bits per heavy atom. The molecule has 0 saturated carbocycles. The molecule has 1 atom stereocenters. The molecule has 9 heteroatoms. The Labute approximate surface area is 216 Å². The lowest BCUT2D eigenvalue weighted by Crippen LogP contribution is -2.59. The highest BCUT2D eigenvalue weighted by atomic mass is 16.5. The number of carbonyl (C=O) groups is 3. The lowest BCUT2D eigenvalue weighted by Gasteiger charge is -2.41. The first kappa shape index (κ1) is 26.1. The highest BCUT2D eigenvalue weighted by Crippen LogP contribution is 2.30. The minimum Gasteiger partial charge on any atom is -0.495 e. The van der Waals surface area contributed by atoms with Gasteiger partial charge < -0.3 is 25.8 Å². The van der Waals surface area contributed by atoms with Gasteiger partial charge in [0.1, 0.15) is 11.3 Å². The number of para-hydroxylation sites is 1. The molecule has 0 radical (unpaired) electrons. The Morgan fingerprint density at radius 2 is 1.81 bits per heavy atom. The fourth-order valence-corrected chi connectivity index (χ4v) is 4.65. The zero-order valence-corrected chi connectivity index (χ0v) is 21.0. The van der Waals surface area contributed by atoms with Crippen molar-refractivity contribution >= 4 is 29.2 Å². The lowest BCUT2D eigenvalue weighted by atomic mass is 9.84. The molecule has 1 unspecified atom stereocenters. The van der Waals surface area contributed by atoms with Gasteiger partial charge in [-0.2, -0.15) is 0 Å². The first-order chi connectivity index (χ1) is 17.8. The molecule has 2 aromatic rings. The topological polar surface area (TPSA) is 120 Å². The summed E-state index contributed by atoms with van der Waals surface area (Å²) in [5.74, 6) is -0.592. The maximum absolute atomic E-state index is 13.0. The summed E-state index contributed by atoms with van der Waals surface area (Å²) in [7, 11) is 1.50. The van der Waals surface area contributed by atoms with Gasteiger partial charge >= 0.3 is 12.0 Å². The molecular formula is C28H32N4O5. The van der Waals surface area contributed by atoms with Crippen molar-refractivity contribution in [3.05, 3.63) is 77.4 Å². The molecule has 194 valence electrons. The second-order valence-corrected chi connectivity index (χ2v) is 9.19. The SMILES string of the molecule is COc1cc(CC(=O)C2=CCC(C(=O)O)(N3CCNCC3)C=C2)ccc1NC(=O)Nc1ccccc1C. The van der Waals surface area contributed by atoms with Gasteiger partial charge in [0.2, 0.25) is 0 Å². The number of ether oxygens (including phenoxy) is 1. The summed E-state index contributed by atoms with van der Waals surface area (Å²) in [4.78, 5) is 39.6. The highest BCUT2D eigenvalue weighted by Gasteiger charge is 2.43. The Morgan fingerprint density at radius 1 is 1.08 bits per heavy atom. The van der Waals surface area contributed by atoms with E-state index in [1.165, 1.54) is 7.11 Å². The standard InChI is InChI=1S/C28H32N4O5/c1-19-5-3-4-6-22(19)30-27(36)31-23-8-7-20(18-25(23)37-2)17-24(33)21-9-11-28(12-10-21,26(34)35)32-15-13-29-14-16-32/h3-11,18,29H,12-17H2,1-2H3,(H,34,35)(H2,30,31,36). The molecule has 4 rings (SSSR count). The van der Waals surface area contributed by atoms with Crippen LogP contribution in [0.25, 0.3) is 0 Å². The van der Waals surface area contributed by atoms with Gasteiger partial charge in [0.05, 0.1) is 12.8 Å². The smallest absolute Gasteiger partial charge is 0.328 e. The number of piperazine rings is 1. The van der Waals surface area contributed by atoms with Crippen LogP contribution in [0.3, 0.4) is 0 Å². The van der Waals surface area contributed by atoms with Gasteiger partial charge in [0.25, 0.3) is 0 Å². The zero-order chi connectivity index (χ0) is 26.4. The summed E-state index contributed by atoms with van der Waals surface area (Å²) in [6, 6.07) is 12.2. The third-order valence-corrected chi connectivity index (χ3v) is 6.82. The number of ketones is 1. The Hall–Kier alpha value is -3.95. The summed E-state index contributed by atoms with van der Waals surface area (Å²) in [5.41, 5.74) is 2.21. The number of hydrogen-bond acceptors (Lipinski definition) is 6. The van der Waals surface area contributed by atoms with Crippen LogP contribution in [0.15, 0.2) is 66.3 Å². The van der Waals surface area contributed by atoms with Crippen molar-refractivity contribution in [1.29, 1.82) is 0 Å². The van der Waals surface area contributed by atoms with Gasteiger partial charge in [0.15, 0.2) is 5.78 Å². The predicted molar refractivity (Wildman–Crippen MR) is 142 cm³/mol. The number of benzene rings is 2. The lowest BCUT2D eigenvalue weighted by molar-refractivity contribution is -0.148. The molecule has 1 heterocycles. The van der Waals surface area contributed by atoms with Crippen LogP contribution < -0.4 is 20.7 Å². The van der Waals surface area contributed by atoms with Gasteiger partial charge in [-0.1, -0.05) is 42.5 Å². The normalized spacial score (nSPS) is 19.6. The molecule has 1 aliphatic heterocycles. The van der Waals surface area contributed by atoms with E-state index in [4.69, 9.17) is 4.74 Å². The minimum absolute atomic E-state index is 0.115. The van der Waals surface area contributed by atoms with E-state index in [2.05, 4.69) is 16.0 Å². The van der Waals surface area contributed by atoms with Crippen LogP contribution in [0.5, 0.6) is 5.75 Å². The number of anilines is 2. The molecule has 4 N–H and O–H groups in total. The summed E-state index contributed by atoms with van der Waals surface area (Å²) < 4.78 is 5.45. The molecule has 0 spiro atoms. The average Bonchev–Trinajstić information content (AvgIpc) is 2.91. The molecule has 2 amide bonds. The summed E-state index contributed by atoms with van der Waals surface area (Å²) in [6.45, 7) is 4.65. The van der Waals surface area contributed by atoms with Crippen molar-refractivity contribution < 1.29 is 24.2 Å². The molecule has 0 aromatic heterocycles. The van der Waals surface area contributed by atoms with E-state index in [9.17, 15) is 19.5 Å².